The van der Waals surface area contributed by atoms with Gasteiger partial charge in [-0.3, -0.25) is 0 Å². The second-order valence-electron chi connectivity index (χ2n) is 5.63. The highest BCUT2D eigenvalue weighted by Crippen LogP contribution is 2.40. The molecule has 110 valence electrons. The Morgan fingerprint density at radius 3 is 2.80 bits per heavy atom. The molecule has 0 radical (unpaired) electrons. The summed E-state index contributed by atoms with van der Waals surface area (Å²) in [5.41, 5.74) is 0.0969. The van der Waals surface area contributed by atoms with Gasteiger partial charge in [-0.2, -0.15) is 0 Å². The molecular weight excluding hydrogens is 256 g/mol. The third-order valence-corrected chi connectivity index (χ3v) is 4.12. The summed E-state index contributed by atoms with van der Waals surface area (Å²) in [6.45, 7) is 3.90. The highest BCUT2D eigenvalue weighted by molar-refractivity contribution is 5.45. The lowest BCUT2D eigenvalue weighted by molar-refractivity contribution is -0.110. The molecule has 2 unspecified atom stereocenters. The number of ether oxygens (including phenoxy) is 3. The second kappa shape index (κ2) is 5.62. The van der Waals surface area contributed by atoms with Crippen molar-refractivity contribution in [3.8, 4) is 11.5 Å². The zero-order valence-electron chi connectivity index (χ0n) is 11.9. The summed E-state index contributed by atoms with van der Waals surface area (Å²) in [7, 11) is 0. The van der Waals surface area contributed by atoms with Crippen LogP contribution in [-0.4, -0.2) is 31.0 Å². The molecule has 0 aromatic heterocycles. The van der Waals surface area contributed by atoms with Gasteiger partial charge in [-0.1, -0.05) is 19.4 Å². The Hall–Kier alpha value is -1.26. The van der Waals surface area contributed by atoms with Gasteiger partial charge in [0.25, 0.3) is 0 Å². The fraction of sp³-hybridized carbons (Fsp3) is 0.625. The molecule has 1 saturated heterocycles. The lowest BCUT2D eigenvalue weighted by Gasteiger charge is -2.37. The predicted molar refractivity (Wildman–Crippen MR) is 75.2 cm³/mol. The van der Waals surface area contributed by atoms with Crippen LogP contribution in [-0.2, 0) is 10.3 Å². The molecule has 0 saturated carbocycles. The predicted octanol–water partition coefficient (Wildman–Crippen LogP) is 2.62. The molecule has 20 heavy (non-hydrogen) atoms. The minimum atomic E-state index is -0.812. The van der Waals surface area contributed by atoms with E-state index in [1.165, 1.54) is 0 Å². The SMILES string of the molecule is CCCC1CC(O)(c2ccc3c(c2)OCCO3)CCO1. The molecule has 0 spiro atoms. The Balaban J connectivity index is 1.83. The van der Waals surface area contributed by atoms with Crippen LogP contribution >= 0.6 is 0 Å². The summed E-state index contributed by atoms with van der Waals surface area (Å²) in [6, 6.07) is 5.76. The molecule has 4 heteroatoms. The van der Waals surface area contributed by atoms with E-state index in [4.69, 9.17) is 14.2 Å². The standard InChI is InChI=1S/C16H22O4/c1-2-3-13-11-16(17,6-7-18-13)12-4-5-14-15(10-12)20-9-8-19-14/h4-5,10,13,17H,2-3,6-9,11H2,1H3. The van der Waals surface area contributed by atoms with Gasteiger partial charge in [0.15, 0.2) is 11.5 Å². The lowest BCUT2D eigenvalue weighted by Crippen LogP contribution is -2.38. The highest BCUT2D eigenvalue weighted by Gasteiger charge is 2.37. The number of hydrogen-bond acceptors (Lipinski definition) is 4. The smallest absolute Gasteiger partial charge is 0.161 e. The third-order valence-electron chi connectivity index (χ3n) is 4.12. The van der Waals surface area contributed by atoms with Crippen molar-refractivity contribution in [3.05, 3.63) is 23.8 Å². The van der Waals surface area contributed by atoms with Crippen LogP contribution in [0.15, 0.2) is 18.2 Å². The third kappa shape index (κ3) is 2.63. The Kier molecular flexibility index (Phi) is 3.85. The summed E-state index contributed by atoms with van der Waals surface area (Å²) >= 11 is 0. The number of fused-ring (bicyclic) bond motifs is 1. The van der Waals surface area contributed by atoms with Crippen molar-refractivity contribution in [1.29, 1.82) is 0 Å². The van der Waals surface area contributed by atoms with Crippen LogP contribution < -0.4 is 9.47 Å². The van der Waals surface area contributed by atoms with Crippen LogP contribution in [0.5, 0.6) is 11.5 Å². The van der Waals surface area contributed by atoms with Gasteiger partial charge in [-0.25, -0.2) is 0 Å². The van der Waals surface area contributed by atoms with E-state index in [1.54, 1.807) is 0 Å². The molecule has 0 bridgehead atoms. The molecular formula is C16H22O4. The Bertz CT molecular complexity index is 472. The normalized spacial score (nSPS) is 29.2. The van der Waals surface area contributed by atoms with Crippen molar-refractivity contribution in [2.24, 2.45) is 0 Å². The summed E-state index contributed by atoms with van der Waals surface area (Å²) < 4.78 is 16.9. The van der Waals surface area contributed by atoms with Crippen LogP contribution in [0.4, 0.5) is 0 Å². The zero-order valence-corrected chi connectivity index (χ0v) is 11.9. The first-order valence-corrected chi connectivity index (χ1v) is 7.45. The first-order chi connectivity index (χ1) is 9.71. The number of hydrogen-bond donors (Lipinski definition) is 1. The molecule has 2 atom stereocenters. The van der Waals surface area contributed by atoms with Crippen LogP contribution in [0.25, 0.3) is 0 Å². The molecule has 1 aromatic rings. The molecule has 0 amide bonds. The van der Waals surface area contributed by atoms with Gasteiger partial charge in [0.1, 0.15) is 13.2 Å². The van der Waals surface area contributed by atoms with Crippen molar-refractivity contribution in [1.82, 2.24) is 0 Å². The fourth-order valence-corrected chi connectivity index (χ4v) is 3.03. The van der Waals surface area contributed by atoms with E-state index in [0.29, 0.717) is 32.7 Å². The zero-order chi connectivity index (χ0) is 14.0. The van der Waals surface area contributed by atoms with Gasteiger partial charge in [0, 0.05) is 12.8 Å². The maximum absolute atomic E-state index is 11.0. The average Bonchev–Trinajstić information content (AvgIpc) is 2.47. The van der Waals surface area contributed by atoms with Gasteiger partial charge in [-0.15, -0.1) is 0 Å². The Morgan fingerprint density at radius 2 is 2.00 bits per heavy atom. The molecule has 1 fully saturated rings. The first kappa shape index (κ1) is 13.7. The summed E-state index contributed by atoms with van der Waals surface area (Å²) in [4.78, 5) is 0. The minimum Gasteiger partial charge on any atom is -0.486 e. The van der Waals surface area contributed by atoms with E-state index in [-0.39, 0.29) is 6.10 Å². The van der Waals surface area contributed by atoms with Crippen LogP contribution in [0, 0.1) is 0 Å². The van der Waals surface area contributed by atoms with Gasteiger partial charge < -0.3 is 19.3 Å². The van der Waals surface area contributed by atoms with E-state index in [9.17, 15) is 5.11 Å². The summed E-state index contributed by atoms with van der Waals surface area (Å²) in [5, 5.41) is 11.0. The van der Waals surface area contributed by atoms with Gasteiger partial charge >= 0.3 is 0 Å². The van der Waals surface area contributed by atoms with Crippen molar-refractivity contribution in [2.75, 3.05) is 19.8 Å². The molecule has 0 aliphatic carbocycles. The van der Waals surface area contributed by atoms with Crippen molar-refractivity contribution in [2.45, 2.75) is 44.3 Å². The van der Waals surface area contributed by atoms with Crippen molar-refractivity contribution in [3.63, 3.8) is 0 Å². The van der Waals surface area contributed by atoms with E-state index < -0.39 is 5.60 Å². The van der Waals surface area contributed by atoms with E-state index in [0.717, 1.165) is 29.9 Å². The topological polar surface area (TPSA) is 47.9 Å². The first-order valence-electron chi connectivity index (χ1n) is 7.45. The van der Waals surface area contributed by atoms with E-state index >= 15 is 0 Å². The molecule has 1 aromatic carbocycles. The maximum atomic E-state index is 11.0. The Labute approximate surface area is 119 Å². The Morgan fingerprint density at radius 1 is 1.20 bits per heavy atom. The molecule has 3 rings (SSSR count). The second-order valence-corrected chi connectivity index (χ2v) is 5.63. The number of aliphatic hydroxyl groups is 1. The molecule has 2 aliphatic rings. The quantitative estimate of drug-likeness (QED) is 0.923. The van der Waals surface area contributed by atoms with E-state index in [2.05, 4.69) is 6.92 Å². The van der Waals surface area contributed by atoms with Gasteiger partial charge in [0.05, 0.1) is 18.3 Å². The van der Waals surface area contributed by atoms with Gasteiger partial charge in [-0.05, 0) is 24.1 Å². The van der Waals surface area contributed by atoms with Gasteiger partial charge in [0.2, 0.25) is 0 Å². The van der Waals surface area contributed by atoms with E-state index in [1.807, 2.05) is 18.2 Å². The fourth-order valence-electron chi connectivity index (χ4n) is 3.03. The highest BCUT2D eigenvalue weighted by atomic mass is 16.6. The summed E-state index contributed by atoms with van der Waals surface area (Å²) in [6.07, 6.45) is 3.49. The molecule has 2 aliphatic heterocycles. The number of benzene rings is 1. The monoisotopic (exact) mass is 278 g/mol. The van der Waals surface area contributed by atoms with Crippen LogP contribution in [0.3, 0.4) is 0 Å². The van der Waals surface area contributed by atoms with Crippen molar-refractivity contribution < 1.29 is 19.3 Å². The minimum absolute atomic E-state index is 0.145. The maximum Gasteiger partial charge on any atom is 0.161 e. The molecule has 4 nitrogen and oxygen atoms in total. The van der Waals surface area contributed by atoms with Crippen LogP contribution in [0.1, 0.15) is 38.2 Å². The number of rotatable bonds is 3. The molecule has 2 heterocycles. The molecule has 1 N–H and O–H groups in total. The lowest BCUT2D eigenvalue weighted by atomic mass is 9.82. The van der Waals surface area contributed by atoms with Crippen molar-refractivity contribution >= 4 is 0 Å². The largest absolute Gasteiger partial charge is 0.486 e. The average molecular weight is 278 g/mol. The summed E-state index contributed by atoms with van der Waals surface area (Å²) in [5.74, 6) is 1.50. The van der Waals surface area contributed by atoms with Crippen LogP contribution in [0.2, 0.25) is 0 Å².